The van der Waals surface area contributed by atoms with Gasteiger partial charge in [-0.05, 0) is 24.1 Å². The lowest BCUT2D eigenvalue weighted by Crippen LogP contribution is -2.22. The van der Waals surface area contributed by atoms with Gasteiger partial charge in [0.1, 0.15) is 0 Å². The fourth-order valence-corrected chi connectivity index (χ4v) is 1.68. The van der Waals surface area contributed by atoms with Gasteiger partial charge in [0.15, 0.2) is 0 Å². The van der Waals surface area contributed by atoms with E-state index in [1.807, 2.05) is 24.3 Å². The van der Waals surface area contributed by atoms with Gasteiger partial charge in [0.25, 0.3) is 0 Å². The Hall–Kier alpha value is -1.13. The third-order valence-electron chi connectivity index (χ3n) is 2.14. The molecule has 1 aromatic carbocycles. The number of amides is 1. The lowest BCUT2D eigenvalue weighted by Gasteiger charge is -2.01. The van der Waals surface area contributed by atoms with Crippen molar-refractivity contribution in [2.75, 3.05) is 20.3 Å². The van der Waals surface area contributed by atoms with Crippen LogP contribution in [0.5, 0.6) is 0 Å². The second-order valence-corrected chi connectivity index (χ2v) is 4.35. The Morgan fingerprint density at radius 3 is 2.94 bits per heavy atom. The molecule has 0 heterocycles. The van der Waals surface area contributed by atoms with Crippen molar-refractivity contribution in [2.45, 2.75) is 6.42 Å². The van der Waals surface area contributed by atoms with E-state index in [4.69, 9.17) is 4.74 Å². The molecule has 0 fully saturated rings. The minimum absolute atomic E-state index is 0.0862. The molecule has 0 spiro atoms. The van der Waals surface area contributed by atoms with E-state index in [1.54, 1.807) is 13.2 Å². The number of hydrogen-bond acceptors (Lipinski definition) is 2. The smallest absolute Gasteiger partial charge is 0.244 e. The van der Waals surface area contributed by atoms with E-state index in [0.29, 0.717) is 13.2 Å². The van der Waals surface area contributed by atoms with Crippen molar-refractivity contribution in [1.29, 1.82) is 0 Å². The third kappa shape index (κ3) is 5.65. The van der Waals surface area contributed by atoms with E-state index in [9.17, 15) is 4.79 Å². The largest absolute Gasteiger partial charge is 0.385 e. The van der Waals surface area contributed by atoms with E-state index < -0.39 is 0 Å². The van der Waals surface area contributed by atoms with Crippen molar-refractivity contribution < 1.29 is 9.53 Å². The number of carbonyl (C=O) groups excluding carboxylic acids is 1. The predicted octanol–water partition coefficient (Wildman–Crippen LogP) is 2.62. The topological polar surface area (TPSA) is 38.3 Å². The second-order valence-electron chi connectivity index (χ2n) is 3.49. The van der Waals surface area contributed by atoms with Gasteiger partial charge in [-0.25, -0.2) is 0 Å². The van der Waals surface area contributed by atoms with Crippen molar-refractivity contribution in [3.8, 4) is 0 Å². The van der Waals surface area contributed by atoms with E-state index >= 15 is 0 Å². The lowest BCUT2D eigenvalue weighted by molar-refractivity contribution is -0.116. The van der Waals surface area contributed by atoms with Gasteiger partial charge in [0.05, 0.1) is 0 Å². The van der Waals surface area contributed by atoms with Gasteiger partial charge in [-0.15, -0.1) is 0 Å². The zero-order valence-corrected chi connectivity index (χ0v) is 11.4. The summed E-state index contributed by atoms with van der Waals surface area (Å²) in [6.07, 6.45) is 4.15. The second kappa shape index (κ2) is 8.03. The number of carbonyl (C=O) groups is 1. The van der Waals surface area contributed by atoms with Crippen LogP contribution in [-0.2, 0) is 9.53 Å². The molecular formula is C13H16BrNO2. The molecule has 0 aromatic heterocycles. The van der Waals surface area contributed by atoms with Gasteiger partial charge in [-0.3, -0.25) is 4.79 Å². The van der Waals surface area contributed by atoms with Crippen molar-refractivity contribution in [3.05, 3.63) is 40.4 Å². The van der Waals surface area contributed by atoms with Crippen LogP contribution in [0.3, 0.4) is 0 Å². The van der Waals surface area contributed by atoms with Crippen molar-refractivity contribution in [2.24, 2.45) is 0 Å². The summed E-state index contributed by atoms with van der Waals surface area (Å²) in [4.78, 5) is 11.4. The fraction of sp³-hybridized carbons (Fsp3) is 0.308. The van der Waals surface area contributed by atoms with Crippen molar-refractivity contribution in [1.82, 2.24) is 5.32 Å². The number of methoxy groups -OCH3 is 1. The molecule has 92 valence electrons. The van der Waals surface area contributed by atoms with Gasteiger partial charge in [-0.2, -0.15) is 0 Å². The van der Waals surface area contributed by atoms with Crippen LogP contribution in [0.15, 0.2) is 34.8 Å². The maximum absolute atomic E-state index is 11.4. The average molecular weight is 298 g/mol. The Kier molecular flexibility index (Phi) is 6.58. The highest BCUT2D eigenvalue weighted by Gasteiger charge is 1.96. The van der Waals surface area contributed by atoms with E-state index in [0.717, 1.165) is 16.5 Å². The molecule has 1 aromatic rings. The molecule has 17 heavy (non-hydrogen) atoms. The molecular weight excluding hydrogens is 282 g/mol. The molecule has 1 amide bonds. The van der Waals surface area contributed by atoms with Gasteiger partial charge in [0.2, 0.25) is 5.91 Å². The summed E-state index contributed by atoms with van der Waals surface area (Å²) < 4.78 is 5.87. The molecule has 0 unspecified atom stereocenters. The minimum atomic E-state index is -0.0862. The molecule has 3 nitrogen and oxygen atoms in total. The Labute approximate surface area is 110 Å². The van der Waals surface area contributed by atoms with Crippen LogP contribution < -0.4 is 5.32 Å². The molecule has 4 heteroatoms. The van der Waals surface area contributed by atoms with Crippen LogP contribution in [0.4, 0.5) is 0 Å². The standard InChI is InChI=1S/C13H16BrNO2/c1-17-10-4-9-15-13(16)8-7-11-5-2-3-6-12(11)14/h2-3,5-8H,4,9-10H2,1H3,(H,15,16)/b8-7+. The quantitative estimate of drug-likeness (QED) is 0.647. The number of nitrogens with one attached hydrogen (secondary N) is 1. The number of benzene rings is 1. The molecule has 0 saturated heterocycles. The molecule has 0 radical (unpaired) electrons. The third-order valence-corrected chi connectivity index (χ3v) is 2.87. The molecule has 0 atom stereocenters. The number of rotatable bonds is 6. The molecule has 0 aliphatic carbocycles. The Balaban J connectivity index is 2.38. The molecule has 0 bridgehead atoms. The van der Waals surface area contributed by atoms with Crippen LogP contribution in [0.1, 0.15) is 12.0 Å². The Morgan fingerprint density at radius 2 is 2.24 bits per heavy atom. The zero-order chi connectivity index (χ0) is 12.5. The summed E-state index contributed by atoms with van der Waals surface area (Å²) in [5, 5.41) is 2.79. The fourth-order valence-electron chi connectivity index (χ4n) is 1.26. The van der Waals surface area contributed by atoms with Crippen LogP contribution in [0, 0.1) is 0 Å². The first-order chi connectivity index (χ1) is 8.24. The summed E-state index contributed by atoms with van der Waals surface area (Å²) in [5.41, 5.74) is 0.986. The van der Waals surface area contributed by atoms with Gasteiger partial charge < -0.3 is 10.1 Å². The van der Waals surface area contributed by atoms with Crippen molar-refractivity contribution >= 4 is 27.9 Å². The maximum Gasteiger partial charge on any atom is 0.244 e. The maximum atomic E-state index is 11.4. The SMILES string of the molecule is COCCCNC(=O)/C=C/c1ccccc1Br. The van der Waals surface area contributed by atoms with Gasteiger partial charge >= 0.3 is 0 Å². The molecule has 0 aliphatic rings. The minimum Gasteiger partial charge on any atom is -0.385 e. The monoisotopic (exact) mass is 297 g/mol. The average Bonchev–Trinajstić information content (AvgIpc) is 2.34. The van der Waals surface area contributed by atoms with Crippen LogP contribution in [0.2, 0.25) is 0 Å². The highest BCUT2D eigenvalue weighted by Crippen LogP contribution is 2.16. The molecule has 1 rings (SSSR count). The highest BCUT2D eigenvalue weighted by molar-refractivity contribution is 9.10. The normalized spacial score (nSPS) is 10.7. The van der Waals surface area contributed by atoms with Crippen molar-refractivity contribution in [3.63, 3.8) is 0 Å². The van der Waals surface area contributed by atoms with E-state index in [1.165, 1.54) is 6.08 Å². The number of halogens is 1. The first-order valence-corrected chi connectivity index (χ1v) is 6.22. The summed E-state index contributed by atoms with van der Waals surface area (Å²) in [5.74, 6) is -0.0862. The molecule has 0 aliphatic heterocycles. The molecule has 1 N–H and O–H groups in total. The Morgan fingerprint density at radius 1 is 1.47 bits per heavy atom. The van der Waals surface area contributed by atoms with Gasteiger partial charge in [0, 0.05) is 30.8 Å². The zero-order valence-electron chi connectivity index (χ0n) is 9.78. The molecule has 0 saturated carbocycles. The first kappa shape index (κ1) is 13.9. The highest BCUT2D eigenvalue weighted by atomic mass is 79.9. The van der Waals surface area contributed by atoms with Crippen LogP contribution in [0.25, 0.3) is 6.08 Å². The number of hydrogen-bond donors (Lipinski definition) is 1. The van der Waals surface area contributed by atoms with Crippen LogP contribution in [-0.4, -0.2) is 26.2 Å². The first-order valence-electron chi connectivity index (χ1n) is 5.43. The Bertz CT molecular complexity index is 391. The lowest BCUT2D eigenvalue weighted by atomic mass is 10.2. The van der Waals surface area contributed by atoms with Crippen LogP contribution >= 0.6 is 15.9 Å². The number of ether oxygens (including phenoxy) is 1. The summed E-state index contributed by atoms with van der Waals surface area (Å²) in [6, 6.07) is 7.75. The summed E-state index contributed by atoms with van der Waals surface area (Å²) >= 11 is 3.42. The summed E-state index contributed by atoms with van der Waals surface area (Å²) in [7, 11) is 1.65. The van der Waals surface area contributed by atoms with E-state index in [-0.39, 0.29) is 5.91 Å². The van der Waals surface area contributed by atoms with E-state index in [2.05, 4.69) is 21.2 Å². The summed E-state index contributed by atoms with van der Waals surface area (Å²) in [6.45, 7) is 1.29. The predicted molar refractivity (Wildman–Crippen MR) is 72.7 cm³/mol. The van der Waals surface area contributed by atoms with Gasteiger partial charge in [-0.1, -0.05) is 34.1 Å².